The van der Waals surface area contributed by atoms with Crippen molar-refractivity contribution in [2.24, 2.45) is 0 Å². The maximum atomic E-state index is 12.6. The average molecular weight is 759 g/mol. The van der Waals surface area contributed by atoms with Gasteiger partial charge in [-0.1, -0.05) is 160 Å². The third-order valence-corrected chi connectivity index (χ3v) is 9.98. The number of likely N-dealkylation sites (N-methyl/N-ethyl adjacent to an activating group) is 1. The van der Waals surface area contributed by atoms with Gasteiger partial charge < -0.3 is 18.9 Å². The number of phosphoric ester groups is 1. The Kier molecular flexibility index (Phi) is 34.2. The molecular formula is C42H81NO8P+. The van der Waals surface area contributed by atoms with Crippen LogP contribution in [0.15, 0.2) is 24.3 Å². The van der Waals surface area contributed by atoms with E-state index in [1.807, 2.05) is 33.3 Å². The van der Waals surface area contributed by atoms with Crippen molar-refractivity contribution in [3.63, 3.8) is 0 Å². The maximum absolute atomic E-state index is 12.6. The second-order valence-corrected chi connectivity index (χ2v) is 16.8. The van der Waals surface area contributed by atoms with Crippen LogP contribution in [0, 0.1) is 0 Å². The van der Waals surface area contributed by atoms with Gasteiger partial charge in [-0.15, -0.1) is 0 Å². The van der Waals surface area contributed by atoms with Gasteiger partial charge in [0.25, 0.3) is 0 Å². The van der Waals surface area contributed by atoms with Crippen molar-refractivity contribution in [3.8, 4) is 0 Å². The number of quaternary nitrogens is 1. The SMILES string of the molecule is CCCCCCCC/C=C/C/C=C/CCC(=O)OC(COC(=O)CCCCCCCCCCCCCCCCC)COP(=O)(O)OCC[N+](C)(C)C. The zero-order valence-electron chi connectivity index (χ0n) is 34.3. The number of hydrogen-bond acceptors (Lipinski definition) is 7. The average Bonchev–Trinajstić information content (AvgIpc) is 3.09. The lowest BCUT2D eigenvalue weighted by Gasteiger charge is -2.24. The second-order valence-electron chi connectivity index (χ2n) is 15.4. The van der Waals surface area contributed by atoms with E-state index in [1.165, 1.54) is 116 Å². The topological polar surface area (TPSA) is 108 Å². The van der Waals surface area contributed by atoms with Crippen LogP contribution >= 0.6 is 7.82 Å². The van der Waals surface area contributed by atoms with Crippen LogP contribution in [-0.4, -0.2) is 74.9 Å². The first-order valence-corrected chi connectivity index (χ1v) is 22.6. The zero-order chi connectivity index (χ0) is 38.6. The van der Waals surface area contributed by atoms with E-state index < -0.39 is 26.5 Å². The molecule has 0 aliphatic rings. The third kappa shape index (κ3) is 38.2. The first-order valence-electron chi connectivity index (χ1n) is 21.1. The molecule has 0 bridgehead atoms. The van der Waals surface area contributed by atoms with E-state index in [9.17, 15) is 19.0 Å². The number of unbranched alkanes of at least 4 members (excludes halogenated alkanes) is 20. The van der Waals surface area contributed by atoms with Crippen molar-refractivity contribution in [2.45, 2.75) is 187 Å². The highest BCUT2D eigenvalue weighted by Gasteiger charge is 2.27. The van der Waals surface area contributed by atoms with Gasteiger partial charge in [-0.2, -0.15) is 0 Å². The number of rotatable bonds is 38. The molecule has 10 heteroatoms. The number of phosphoric acid groups is 1. The van der Waals surface area contributed by atoms with Crippen LogP contribution in [0.1, 0.15) is 181 Å². The third-order valence-electron chi connectivity index (χ3n) is 9.00. The number of ether oxygens (including phenoxy) is 2. The van der Waals surface area contributed by atoms with E-state index in [0.29, 0.717) is 17.4 Å². The molecule has 0 aliphatic carbocycles. The molecule has 0 rings (SSSR count). The van der Waals surface area contributed by atoms with Crippen LogP contribution in [0.3, 0.4) is 0 Å². The predicted octanol–water partition coefficient (Wildman–Crippen LogP) is 11.6. The molecule has 1 N–H and O–H groups in total. The molecule has 0 fully saturated rings. The highest BCUT2D eigenvalue weighted by Crippen LogP contribution is 2.43. The molecule has 9 nitrogen and oxygen atoms in total. The largest absolute Gasteiger partial charge is 0.472 e. The van der Waals surface area contributed by atoms with Crippen molar-refractivity contribution in [1.82, 2.24) is 0 Å². The Balaban J connectivity index is 4.43. The minimum Gasteiger partial charge on any atom is -0.462 e. The van der Waals surface area contributed by atoms with Gasteiger partial charge in [-0.05, 0) is 32.1 Å². The number of hydrogen-bond donors (Lipinski definition) is 1. The molecule has 0 aliphatic heterocycles. The van der Waals surface area contributed by atoms with Gasteiger partial charge in [0.15, 0.2) is 6.10 Å². The van der Waals surface area contributed by atoms with Gasteiger partial charge in [-0.3, -0.25) is 18.6 Å². The molecule has 0 saturated carbocycles. The highest BCUT2D eigenvalue weighted by atomic mass is 31.2. The molecule has 0 saturated heterocycles. The van der Waals surface area contributed by atoms with Crippen LogP contribution in [0.25, 0.3) is 0 Å². The number of carbonyl (C=O) groups excluding carboxylic acids is 2. The highest BCUT2D eigenvalue weighted by molar-refractivity contribution is 7.47. The quantitative estimate of drug-likeness (QED) is 0.0218. The molecule has 2 unspecified atom stereocenters. The van der Waals surface area contributed by atoms with E-state index >= 15 is 0 Å². The number of nitrogens with zero attached hydrogens (tertiary/aromatic N) is 1. The van der Waals surface area contributed by atoms with Crippen LogP contribution < -0.4 is 0 Å². The minimum atomic E-state index is -4.38. The van der Waals surface area contributed by atoms with Crippen LogP contribution in [-0.2, 0) is 32.7 Å². The maximum Gasteiger partial charge on any atom is 0.472 e. The molecule has 0 aromatic rings. The Morgan fingerprint density at radius 1 is 0.596 bits per heavy atom. The molecule has 0 spiro atoms. The lowest BCUT2D eigenvalue weighted by atomic mass is 10.0. The number of esters is 2. The fourth-order valence-corrected chi connectivity index (χ4v) is 6.40. The fraction of sp³-hybridized carbons (Fsp3) is 0.857. The van der Waals surface area contributed by atoms with Crippen molar-refractivity contribution >= 4 is 19.8 Å². The number of carbonyl (C=O) groups is 2. The summed E-state index contributed by atoms with van der Waals surface area (Å²) < 4.78 is 34.2. The van der Waals surface area contributed by atoms with E-state index in [2.05, 4.69) is 26.0 Å². The minimum absolute atomic E-state index is 0.0243. The molecule has 52 heavy (non-hydrogen) atoms. The van der Waals surface area contributed by atoms with Crippen molar-refractivity contribution in [3.05, 3.63) is 24.3 Å². The molecule has 2 atom stereocenters. The Morgan fingerprint density at radius 2 is 1.08 bits per heavy atom. The summed E-state index contributed by atoms with van der Waals surface area (Å²) in [6.45, 7) is 4.35. The molecular weight excluding hydrogens is 677 g/mol. The van der Waals surface area contributed by atoms with Crippen LogP contribution in [0.2, 0.25) is 0 Å². The molecule has 0 radical (unpaired) electrons. The van der Waals surface area contributed by atoms with Crippen LogP contribution in [0.4, 0.5) is 0 Å². The van der Waals surface area contributed by atoms with E-state index in [1.54, 1.807) is 0 Å². The standard InChI is InChI=1S/C42H80NO8P/c1-6-8-10-12-14-16-18-20-21-23-24-26-28-30-32-34-41(44)48-38-40(39-50-52(46,47)49-37-36-43(3,4)5)51-42(45)35-33-31-29-27-25-22-19-17-15-13-11-9-7-2/h22,25,29,31,40H,6-21,23-24,26-28,30,32-39H2,1-5H3/p+1/b25-22+,31-29+. The summed E-state index contributed by atoms with van der Waals surface area (Å²) in [5, 5.41) is 0. The van der Waals surface area contributed by atoms with Crippen LogP contribution in [0.5, 0.6) is 0 Å². The molecule has 0 amide bonds. The summed E-state index contributed by atoms with van der Waals surface area (Å²) in [5.41, 5.74) is 0. The summed E-state index contributed by atoms with van der Waals surface area (Å²) in [6, 6.07) is 0. The predicted molar refractivity (Wildman–Crippen MR) is 215 cm³/mol. The number of allylic oxidation sites excluding steroid dienone is 4. The van der Waals surface area contributed by atoms with Gasteiger partial charge >= 0.3 is 19.8 Å². The Labute approximate surface area is 319 Å². The summed E-state index contributed by atoms with van der Waals surface area (Å²) in [4.78, 5) is 35.2. The first kappa shape index (κ1) is 50.5. The molecule has 0 aromatic heterocycles. The zero-order valence-corrected chi connectivity index (χ0v) is 35.2. The van der Waals surface area contributed by atoms with Gasteiger partial charge in [-0.25, -0.2) is 4.57 Å². The van der Waals surface area contributed by atoms with Crippen molar-refractivity contribution < 1.29 is 42.1 Å². The van der Waals surface area contributed by atoms with Gasteiger partial charge in [0.1, 0.15) is 19.8 Å². The molecule has 0 heterocycles. The molecule has 0 aromatic carbocycles. The summed E-state index contributed by atoms with van der Waals surface area (Å²) in [6.07, 6.45) is 36.7. The lowest BCUT2D eigenvalue weighted by Crippen LogP contribution is -2.37. The van der Waals surface area contributed by atoms with E-state index in [-0.39, 0.29) is 32.0 Å². The Morgan fingerprint density at radius 3 is 1.60 bits per heavy atom. The second kappa shape index (κ2) is 35.2. The van der Waals surface area contributed by atoms with E-state index in [4.69, 9.17) is 18.5 Å². The van der Waals surface area contributed by atoms with Gasteiger partial charge in [0.05, 0.1) is 27.7 Å². The fourth-order valence-electron chi connectivity index (χ4n) is 5.65. The normalized spacial score (nSPS) is 13.9. The lowest BCUT2D eigenvalue weighted by molar-refractivity contribution is -0.870. The smallest absolute Gasteiger partial charge is 0.462 e. The van der Waals surface area contributed by atoms with Crippen molar-refractivity contribution in [2.75, 3.05) is 47.5 Å². The monoisotopic (exact) mass is 759 g/mol. The molecule has 306 valence electrons. The van der Waals surface area contributed by atoms with Gasteiger partial charge in [0, 0.05) is 12.8 Å². The summed E-state index contributed by atoms with van der Waals surface area (Å²) in [5.74, 6) is -0.872. The summed E-state index contributed by atoms with van der Waals surface area (Å²) in [7, 11) is 1.45. The first-order chi connectivity index (χ1) is 25.0. The summed E-state index contributed by atoms with van der Waals surface area (Å²) >= 11 is 0. The van der Waals surface area contributed by atoms with E-state index in [0.717, 1.165) is 32.1 Å². The van der Waals surface area contributed by atoms with Gasteiger partial charge in [0.2, 0.25) is 0 Å². The Hall–Kier alpha value is -1.51. The Bertz CT molecular complexity index is 949. The van der Waals surface area contributed by atoms with Crippen molar-refractivity contribution in [1.29, 1.82) is 0 Å².